The first-order valence-electron chi connectivity index (χ1n) is 8.54. The van der Waals surface area contributed by atoms with E-state index in [4.69, 9.17) is 0 Å². The zero-order valence-corrected chi connectivity index (χ0v) is 14.3. The normalized spacial score (nSPS) is 14.9. The van der Waals surface area contributed by atoms with Crippen LogP contribution in [0, 0.1) is 5.92 Å². The Labute approximate surface area is 139 Å². The Morgan fingerprint density at radius 2 is 1.74 bits per heavy atom. The summed E-state index contributed by atoms with van der Waals surface area (Å²) in [6.45, 7) is 7.27. The van der Waals surface area contributed by atoms with Crippen molar-refractivity contribution in [2.45, 2.75) is 39.5 Å². The fourth-order valence-electron chi connectivity index (χ4n) is 3.36. The van der Waals surface area contributed by atoms with Crippen LogP contribution in [0.25, 0.3) is 0 Å². The molecule has 23 heavy (non-hydrogen) atoms. The standard InChI is InChI=1S/C21H25NO/c1-15(2)14-17-8-10-18(11-9-17)16(3)21(23)22-13-12-19-6-4-5-7-20(19)22/h4-11,15-16H,12-14H2,1-3H3. The molecule has 0 bridgehead atoms. The van der Waals surface area contributed by atoms with Gasteiger partial charge in [-0.2, -0.15) is 0 Å². The molecule has 0 saturated heterocycles. The number of carbonyl (C=O) groups is 1. The maximum atomic E-state index is 12.9. The molecule has 1 unspecified atom stereocenters. The number of benzene rings is 2. The SMILES string of the molecule is CC(C)Cc1ccc(C(C)C(=O)N2CCc3ccccc32)cc1. The van der Waals surface area contributed by atoms with Gasteiger partial charge >= 0.3 is 0 Å². The van der Waals surface area contributed by atoms with Gasteiger partial charge in [0.15, 0.2) is 0 Å². The van der Waals surface area contributed by atoms with Crippen LogP contribution in [-0.2, 0) is 17.6 Å². The molecule has 2 aromatic carbocycles. The van der Waals surface area contributed by atoms with Crippen molar-refractivity contribution < 1.29 is 4.79 Å². The largest absolute Gasteiger partial charge is 0.311 e. The van der Waals surface area contributed by atoms with Crippen molar-refractivity contribution in [3.63, 3.8) is 0 Å². The minimum atomic E-state index is -0.103. The van der Waals surface area contributed by atoms with E-state index in [-0.39, 0.29) is 11.8 Å². The average Bonchev–Trinajstić information content (AvgIpc) is 2.97. The van der Waals surface area contributed by atoms with Crippen molar-refractivity contribution in [2.75, 3.05) is 11.4 Å². The summed E-state index contributed by atoms with van der Waals surface area (Å²) in [5.74, 6) is 0.752. The van der Waals surface area contributed by atoms with Crippen LogP contribution in [0.4, 0.5) is 5.69 Å². The highest BCUT2D eigenvalue weighted by Gasteiger charge is 2.28. The van der Waals surface area contributed by atoms with Crippen molar-refractivity contribution in [3.8, 4) is 0 Å². The monoisotopic (exact) mass is 307 g/mol. The van der Waals surface area contributed by atoms with Gasteiger partial charge < -0.3 is 4.90 Å². The molecule has 2 aromatic rings. The van der Waals surface area contributed by atoms with E-state index < -0.39 is 0 Å². The summed E-state index contributed by atoms with van der Waals surface area (Å²) in [6, 6.07) is 16.8. The van der Waals surface area contributed by atoms with E-state index in [9.17, 15) is 4.79 Å². The van der Waals surface area contributed by atoms with Gasteiger partial charge in [0.05, 0.1) is 5.92 Å². The maximum Gasteiger partial charge on any atom is 0.234 e. The lowest BCUT2D eigenvalue weighted by molar-refractivity contribution is -0.119. The Hall–Kier alpha value is -2.09. The topological polar surface area (TPSA) is 20.3 Å². The Morgan fingerprint density at radius 3 is 2.43 bits per heavy atom. The van der Waals surface area contributed by atoms with Crippen LogP contribution in [0.3, 0.4) is 0 Å². The van der Waals surface area contributed by atoms with Gasteiger partial charge in [0, 0.05) is 12.2 Å². The number of nitrogens with zero attached hydrogens (tertiary/aromatic N) is 1. The van der Waals surface area contributed by atoms with Crippen molar-refractivity contribution >= 4 is 11.6 Å². The van der Waals surface area contributed by atoms with Crippen LogP contribution in [0.1, 0.15) is 43.4 Å². The fourth-order valence-corrected chi connectivity index (χ4v) is 3.36. The number of hydrogen-bond donors (Lipinski definition) is 0. The molecule has 120 valence electrons. The van der Waals surface area contributed by atoms with E-state index in [1.807, 2.05) is 24.0 Å². The molecule has 1 amide bonds. The quantitative estimate of drug-likeness (QED) is 0.809. The van der Waals surface area contributed by atoms with Gasteiger partial charge in [0.25, 0.3) is 0 Å². The summed E-state index contributed by atoms with van der Waals surface area (Å²) in [7, 11) is 0. The number of amides is 1. The van der Waals surface area contributed by atoms with E-state index in [1.165, 1.54) is 11.1 Å². The Kier molecular flexibility index (Phi) is 4.51. The molecule has 1 aliphatic heterocycles. The lowest BCUT2D eigenvalue weighted by Crippen LogP contribution is -2.32. The lowest BCUT2D eigenvalue weighted by Gasteiger charge is -2.22. The second kappa shape index (κ2) is 6.57. The van der Waals surface area contributed by atoms with Crippen LogP contribution in [0.5, 0.6) is 0 Å². The van der Waals surface area contributed by atoms with Gasteiger partial charge in [-0.25, -0.2) is 0 Å². The van der Waals surface area contributed by atoms with Gasteiger partial charge in [-0.1, -0.05) is 56.3 Å². The van der Waals surface area contributed by atoms with E-state index in [1.54, 1.807) is 0 Å². The van der Waals surface area contributed by atoms with Gasteiger partial charge in [-0.15, -0.1) is 0 Å². The third-order valence-electron chi connectivity index (χ3n) is 4.65. The highest BCUT2D eigenvalue weighted by molar-refractivity contribution is 5.99. The molecule has 0 radical (unpaired) electrons. The van der Waals surface area contributed by atoms with Gasteiger partial charge in [0.2, 0.25) is 5.91 Å². The third kappa shape index (κ3) is 3.31. The summed E-state index contributed by atoms with van der Waals surface area (Å²) >= 11 is 0. The molecule has 0 N–H and O–H groups in total. The first-order valence-corrected chi connectivity index (χ1v) is 8.54. The number of fused-ring (bicyclic) bond motifs is 1. The van der Waals surface area contributed by atoms with Crippen molar-refractivity contribution in [2.24, 2.45) is 5.92 Å². The van der Waals surface area contributed by atoms with Crippen LogP contribution < -0.4 is 4.90 Å². The summed E-state index contributed by atoms with van der Waals surface area (Å²) in [5.41, 5.74) is 4.81. The first-order chi connectivity index (χ1) is 11.1. The average molecular weight is 307 g/mol. The Bertz CT molecular complexity index is 687. The minimum Gasteiger partial charge on any atom is -0.311 e. The second-order valence-corrected chi connectivity index (χ2v) is 6.93. The number of rotatable bonds is 4. The first kappa shape index (κ1) is 15.8. The predicted molar refractivity (Wildman–Crippen MR) is 95.9 cm³/mol. The van der Waals surface area contributed by atoms with Crippen LogP contribution >= 0.6 is 0 Å². The Balaban J connectivity index is 1.75. The maximum absolute atomic E-state index is 12.9. The minimum absolute atomic E-state index is 0.103. The predicted octanol–water partition coefficient (Wildman–Crippen LogP) is 4.58. The third-order valence-corrected chi connectivity index (χ3v) is 4.65. The zero-order valence-electron chi connectivity index (χ0n) is 14.3. The summed E-state index contributed by atoms with van der Waals surface area (Å²) < 4.78 is 0. The number of carbonyl (C=O) groups excluding carboxylic acids is 1. The van der Waals surface area contributed by atoms with Gasteiger partial charge in [-0.3, -0.25) is 4.79 Å². The lowest BCUT2D eigenvalue weighted by atomic mass is 9.96. The van der Waals surface area contributed by atoms with Gasteiger partial charge in [-0.05, 0) is 48.4 Å². The summed E-state index contributed by atoms with van der Waals surface area (Å²) in [4.78, 5) is 14.8. The van der Waals surface area contributed by atoms with Crippen LogP contribution in [-0.4, -0.2) is 12.5 Å². The zero-order chi connectivity index (χ0) is 16.4. The highest BCUT2D eigenvalue weighted by atomic mass is 16.2. The molecule has 3 rings (SSSR count). The number of para-hydroxylation sites is 1. The van der Waals surface area contributed by atoms with Gasteiger partial charge in [0.1, 0.15) is 0 Å². The molecule has 1 aliphatic rings. The molecule has 1 atom stereocenters. The molecule has 0 saturated carbocycles. The van der Waals surface area contributed by atoms with E-state index >= 15 is 0 Å². The van der Waals surface area contributed by atoms with Crippen LogP contribution in [0.15, 0.2) is 48.5 Å². The van der Waals surface area contributed by atoms with E-state index in [2.05, 4.69) is 50.2 Å². The van der Waals surface area contributed by atoms with Crippen molar-refractivity contribution in [1.82, 2.24) is 0 Å². The molecule has 2 heteroatoms. The molecule has 0 aromatic heterocycles. The van der Waals surface area contributed by atoms with E-state index in [0.717, 1.165) is 30.6 Å². The molecule has 1 heterocycles. The fraction of sp³-hybridized carbons (Fsp3) is 0.381. The molecule has 0 aliphatic carbocycles. The molecular weight excluding hydrogens is 282 g/mol. The van der Waals surface area contributed by atoms with Crippen molar-refractivity contribution in [1.29, 1.82) is 0 Å². The second-order valence-electron chi connectivity index (χ2n) is 6.93. The molecule has 0 spiro atoms. The Morgan fingerprint density at radius 1 is 1.04 bits per heavy atom. The molecular formula is C21H25NO. The number of anilines is 1. The van der Waals surface area contributed by atoms with Crippen molar-refractivity contribution in [3.05, 3.63) is 65.2 Å². The van der Waals surface area contributed by atoms with E-state index in [0.29, 0.717) is 5.92 Å². The summed E-state index contributed by atoms with van der Waals surface area (Å²) in [6.07, 6.45) is 2.05. The molecule has 2 nitrogen and oxygen atoms in total. The molecule has 0 fully saturated rings. The van der Waals surface area contributed by atoms with Crippen LogP contribution in [0.2, 0.25) is 0 Å². The highest BCUT2D eigenvalue weighted by Crippen LogP contribution is 2.31. The smallest absolute Gasteiger partial charge is 0.234 e. The summed E-state index contributed by atoms with van der Waals surface area (Å²) in [5, 5.41) is 0. The number of hydrogen-bond acceptors (Lipinski definition) is 1.